The number of pyridine rings is 1. The highest BCUT2D eigenvalue weighted by molar-refractivity contribution is 5.33. The second-order valence-corrected chi connectivity index (χ2v) is 4.00. The Hall–Kier alpha value is -1.88. The maximum atomic E-state index is 10.4. The number of aromatic nitrogens is 3. The van der Waals surface area contributed by atoms with E-state index in [-0.39, 0.29) is 0 Å². The van der Waals surface area contributed by atoms with Gasteiger partial charge in [-0.05, 0) is 24.1 Å². The molecule has 0 aromatic carbocycles. The molecule has 5 heteroatoms. The van der Waals surface area contributed by atoms with Crippen molar-refractivity contribution in [1.29, 1.82) is 0 Å². The monoisotopic (exact) mass is 247 g/mol. The highest BCUT2D eigenvalue weighted by atomic mass is 16.5. The first-order valence-electron chi connectivity index (χ1n) is 5.95. The molecule has 5 nitrogen and oxygen atoms in total. The van der Waals surface area contributed by atoms with Gasteiger partial charge in [-0.1, -0.05) is 6.92 Å². The first kappa shape index (κ1) is 12.6. The van der Waals surface area contributed by atoms with Gasteiger partial charge in [0.1, 0.15) is 11.8 Å². The van der Waals surface area contributed by atoms with Crippen LogP contribution in [0.2, 0.25) is 0 Å². The molecule has 0 amide bonds. The van der Waals surface area contributed by atoms with Crippen molar-refractivity contribution >= 4 is 0 Å². The lowest BCUT2D eigenvalue weighted by Crippen LogP contribution is -2.11. The summed E-state index contributed by atoms with van der Waals surface area (Å²) in [5, 5.41) is 14.7. The van der Waals surface area contributed by atoms with E-state index in [2.05, 4.69) is 17.0 Å². The van der Waals surface area contributed by atoms with E-state index in [1.54, 1.807) is 42.5 Å². The number of aryl methyl sites for hydroxylation is 1. The van der Waals surface area contributed by atoms with Crippen LogP contribution in [0.25, 0.3) is 0 Å². The molecule has 2 heterocycles. The molecule has 0 aliphatic rings. The Morgan fingerprint density at radius 2 is 2.11 bits per heavy atom. The standard InChI is InChI=1S/C13H17N3O2/c1-3-8-16-12(11(18-2)9-15-16)13(17)10-4-6-14-7-5-10/h4-7,9,13,17H,3,8H2,1-2H3. The minimum absolute atomic E-state index is 0.604. The van der Waals surface area contributed by atoms with E-state index in [4.69, 9.17) is 4.74 Å². The minimum Gasteiger partial charge on any atom is -0.493 e. The van der Waals surface area contributed by atoms with Gasteiger partial charge in [-0.15, -0.1) is 0 Å². The zero-order valence-corrected chi connectivity index (χ0v) is 10.6. The first-order valence-corrected chi connectivity index (χ1v) is 5.95. The van der Waals surface area contributed by atoms with Crippen LogP contribution in [0.3, 0.4) is 0 Å². The van der Waals surface area contributed by atoms with Gasteiger partial charge in [0.25, 0.3) is 0 Å². The SMILES string of the molecule is CCCn1ncc(OC)c1C(O)c1ccncc1. The molecule has 1 N–H and O–H groups in total. The van der Waals surface area contributed by atoms with E-state index >= 15 is 0 Å². The predicted molar refractivity (Wildman–Crippen MR) is 67.4 cm³/mol. The molecule has 96 valence electrons. The van der Waals surface area contributed by atoms with Gasteiger partial charge in [-0.3, -0.25) is 9.67 Å². The third kappa shape index (κ3) is 2.36. The molecule has 1 atom stereocenters. The second kappa shape index (κ2) is 5.64. The summed E-state index contributed by atoms with van der Waals surface area (Å²) < 4.78 is 7.04. The van der Waals surface area contributed by atoms with Crippen LogP contribution in [0.1, 0.15) is 30.7 Å². The summed E-state index contributed by atoms with van der Waals surface area (Å²) in [4.78, 5) is 3.95. The van der Waals surface area contributed by atoms with Gasteiger partial charge in [0.2, 0.25) is 0 Å². The number of aliphatic hydroxyl groups excluding tert-OH is 1. The van der Waals surface area contributed by atoms with Gasteiger partial charge in [-0.2, -0.15) is 5.10 Å². The molecule has 0 saturated heterocycles. The Bertz CT molecular complexity index is 496. The number of nitrogens with zero attached hydrogens (tertiary/aromatic N) is 3. The van der Waals surface area contributed by atoms with Crippen LogP contribution < -0.4 is 4.74 Å². The Kier molecular flexibility index (Phi) is 3.94. The fourth-order valence-electron chi connectivity index (χ4n) is 1.90. The lowest BCUT2D eigenvalue weighted by atomic mass is 10.1. The lowest BCUT2D eigenvalue weighted by molar-refractivity contribution is 0.202. The van der Waals surface area contributed by atoms with E-state index < -0.39 is 6.10 Å². The molecular formula is C13H17N3O2. The van der Waals surface area contributed by atoms with Crippen molar-refractivity contribution in [2.75, 3.05) is 7.11 Å². The summed E-state index contributed by atoms with van der Waals surface area (Å²) >= 11 is 0. The van der Waals surface area contributed by atoms with E-state index in [1.807, 2.05) is 0 Å². The molecular weight excluding hydrogens is 230 g/mol. The van der Waals surface area contributed by atoms with Crippen molar-refractivity contribution in [3.8, 4) is 5.75 Å². The fraction of sp³-hybridized carbons (Fsp3) is 0.385. The molecule has 2 aromatic heterocycles. The van der Waals surface area contributed by atoms with Crippen molar-refractivity contribution in [2.45, 2.75) is 26.0 Å². The number of ether oxygens (including phenoxy) is 1. The topological polar surface area (TPSA) is 60.2 Å². The summed E-state index contributed by atoms with van der Waals surface area (Å²) in [6.07, 6.45) is 5.14. The van der Waals surface area contributed by atoms with Crippen LogP contribution in [0.4, 0.5) is 0 Å². The van der Waals surface area contributed by atoms with Crippen molar-refractivity contribution in [3.05, 3.63) is 42.0 Å². The molecule has 0 spiro atoms. The summed E-state index contributed by atoms with van der Waals surface area (Å²) in [6, 6.07) is 3.57. The van der Waals surface area contributed by atoms with Crippen LogP contribution in [-0.2, 0) is 6.54 Å². The van der Waals surface area contributed by atoms with Gasteiger partial charge in [0.05, 0.1) is 13.3 Å². The maximum absolute atomic E-state index is 10.4. The molecule has 1 unspecified atom stereocenters. The Labute approximate surface area is 106 Å². The van der Waals surface area contributed by atoms with Crippen LogP contribution in [-0.4, -0.2) is 27.0 Å². The average Bonchev–Trinajstić information content (AvgIpc) is 2.82. The van der Waals surface area contributed by atoms with E-state index in [0.717, 1.165) is 18.5 Å². The van der Waals surface area contributed by atoms with Crippen LogP contribution in [0.15, 0.2) is 30.7 Å². The van der Waals surface area contributed by atoms with Crippen molar-refractivity contribution in [3.63, 3.8) is 0 Å². The highest BCUT2D eigenvalue weighted by Gasteiger charge is 2.21. The third-order valence-corrected chi connectivity index (χ3v) is 2.78. The smallest absolute Gasteiger partial charge is 0.163 e. The van der Waals surface area contributed by atoms with Crippen molar-refractivity contribution in [2.24, 2.45) is 0 Å². The number of methoxy groups -OCH3 is 1. The summed E-state index contributed by atoms with van der Waals surface area (Å²) in [5.41, 5.74) is 1.46. The molecule has 0 aliphatic heterocycles. The van der Waals surface area contributed by atoms with Gasteiger partial charge in [-0.25, -0.2) is 0 Å². The van der Waals surface area contributed by atoms with E-state index in [0.29, 0.717) is 11.4 Å². The molecule has 0 aliphatic carbocycles. The number of rotatable bonds is 5. The molecule has 2 aromatic rings. The van der Waals surface area contributed by atoms with Crippen molar-refractivity contribution < 1.29 is 9.84 Å². The summed E-state index contributed by atoms with van der Waals surface area (Å²) in [7, 11) is 1.58. The Morgan fingerprint density at radius 1 is 1.39 bits per heavy atom. The first-order chi connectivity index (χ1) is 8.77. The highest BCUT2D eigenvalue weighted by Crippen LogP contribution is 2.29. The minimum atomic E-state index is -0.753. The van der Waals surface area contributed by atoms with Crippen LogP contribution >= 0.6 is 0 Å². The Morgan fingerprint density at radius 3 is 2.72 bits per heavy atom. The average molecular weight is 247 g/mol. The zero-order chi connectivity index (χ0) is 13.0. The predicted octanol–water partition coefficient (Wildman–Crippen LogP) is 1.78. The molecule has 18 heavy (non-hydrogen) atoms. The molecule has 2 rings (SSSR count). The maximum Gasteiger partial charge on any atom is 0.163 e. The number of hydrogen-bond acceptors (Lipinski definition) is 4. The number of aliphatic hydroxyl groups is 1. The lowest BCUT2D eigenvalue weighted by Gasteiger charge is -2.14. The molecule has 0 saturated carbocycles. The number of hydrogen-bond donors (Lipinski definition) is 1. The van der Waals surface area contributed by atoms with E-state index in [1.165, 1.54) is 0 Å². The molecule has 0 fully saturated rings. The quantitative estimate of drug-likeness (QED) is 0.875. The van der Waals surface area contributed by atoms with Gasteiger partial charge < -0.3 is 9.84 Å². The summed E-state index contributed by atoms with van der Waals surface area (Å²) in [6.45, 7) is 2.82. The Balaban J connectivity index is 2.39. The second-order valence-electron chi connectivity index (χ2n) is 4.00. The van der Waals surface area contributed by atoms with E-state index in [9.17, 15) is 5.11 Å². The van der Waals surface area contributed by atoms with Gasteiger partial charge in [0, 0.05) is 18.9 Å². The molecule has 0 radical (unpaired) electrons. The normalized spacial score (nSPS) is 12.4. The van der Waals surface area contributed by atoms with Crippen LogP contribution in [0, 0.1) is 0 Å². The zero-order valence-electron chi connectivity index (χ0n) is 10.6. The summed E-state index contributed by atoms with van der Waals surface area (Å²) in [5.74, 6) is 0.604. The fourth-order valence-corrected chi connectivity index (χ4v) is 1.90. The third-order valence-electron chi connectivity index (χ3n) is 2.78. The van der Waals surface area contributed by atoms with Crippen LogP contribution in [0.5, 0.6) is 5.75 Å². The molecule has 0 bridgehead atoms. The van der Waals surface area contributed by atoms with Gasteiger partial charge in [0.15, 0.2) is 5.75 Å². The van der Waals surface area contributed by atoms with Crippen molar-refractivity contribution in [1.82, 2.24) is 14.8 Å². The largest absolute Gasteiger partial charge is 0.493 e. The van der Waals surface area contributed by atoms with Gasteiger partial charge >= 0.3 is 0 Å².